The summed E-state index contributed by atoms with van der Waals surface area (Å²) in [5, 5.41) is 2.31. The van der Waals surface area contributed by atoms with Gasteiger partial charge in [0.1, 0.15) is 5.41 Å². The minimum atomic E-state index is -1.08. The Balaban J connectivity index is 2.68. The van der Waals surface area contributed by atoms with E-state index in [1.165, 1.54) is 4.90 Å². The molecule has 4 amide bonds. The van der Waals surface area contributed by atoms with Gasteiger partial charge < -0.3 is 0 Å². The number of alkyl halides is 1. The predicted octanol–water partition coefficient (Wildman–Crippen LogP) is 2.67. The number of nitrogens with one attached hydrogen (secondary N) is 1. The quantitative estimate of drug-likeness (QED) is 0.426. The van der Waals surface area contributed by atoms with Crippen LogP contribution in [0.4, 0.5) is 4.79 Å². The van der Waals surface area contributed by atoms with Gasteiger partial charge in [0.25, 0.3) is 0 Å². The molecule has 6 heteroatoms. The third kappa shape index (κ3) is 3.32. The van der Waals surface area contributed by atoms with E-state index in [0.717, 1.165) is 25.7 Å². The zero-order valence-corrected chi connectivity index (χ0v) is 13.0. The highest BCUT2D eigenvalue weighted by molar-refractivity contribution is 6.19. The fraction of sp³-hybridized carbons (Fsp3) is 0.786. The molecule has 1 rings (SSSR count). The maximum Gasteiger partial charge on any atom is 0.330 e. The van der Waals surface area contributed by atoms with Crippen molar-refractivity contribution < 1.29 is 14.4 Å². The molecule has 1 fully saturated rings. The summed E-state index contributed by atoms with van der Waals surface area (Å²) >= 11 is 5.60. The fourth-order valence-electron chi connectivity index (χ4n) is 2.53. The number of halogens is 1. The zero-order chi connectivity index (χ0) is 15.2. The maximum atomic E-state index is 12.5. The molecule has 0 unspecified atom stereocenters. The lowest BCUT2D eigenvalue weighted by Crippen LogP contribution is -2.63. The number of hydrogen-bond donors (Lipinski definition) is 1. The fourth-order valence-corrected chi connectivity index (χ4v) is 2.72. The van der Waals surface area contributed by atoms with Crippen molar-refractivity contribution in [2.45, 2.75) is 52.4 Å². The standard InChI is InChI=1S/C14H23ClN2O3/c1-3-14(4-2)11(18)16-13(20)17(12(14)19)10-8-6-5-7-9-15/h3-10H2,1-2H3,(H,16,18,20). The van der Waals surface area contributed by atoms with Gasteiger partial charge in [0, 0.05) is 12.4 Å². The average molecular weight is 303 g/mol. The number of nitrogens with zero attached hydrogens (tertiary/aromatic N) is 1. The van der Waals surface area contributed by atoms with E-state index in [9.17, 15) is 14.4 Å². The average Bonchev–Trinajstić information content (AvgIpc) is 2.43. The lowest BCUT2D eigenvalue weighted by molar-refractivity contribution is -0.152. The number of hydrogen-bond acceptors (Lipinski definition) is 3. The van der Waals surface area contributed by atoms with Crippen LogP contribution in [0, 0.1) is 5.41 Å². The van der Waals surface area contributed by atoms with Crippen molar-refractivity contribution in [1.29, 1.82) is 0 Å². The zero-order valence-electron chi connectivity index (χ0n) is 12.2. The minimum absolute atomic E-state index is 0.353. The molecule has 1 aliphatic rings. The van der Waals surface area contributed by atoms with Gasteiger partial charge in [0.2, 0.25) is 11.8 Å². The van der Waals surface area contributed by atoms with Crippen molar-refractivity contribution in [2.24, 2.45) is 5.41 Å². The number of imide groups is 2. The molecule has 1 aliphatic heterocycles. The highest BCUT2D eigenvalue weighted by Crippen LogP contribution is 2.32. The summed E-state index contributed by atoms with van der Waals surface area (Å²) in [6.45, 7) is 3.97. The van der Waals surface area contributed by atoms with E-state index in [1.807, 2.05) is 0 Å². The van der Waals surface area contributed by atoms with Crippen LogP contribution in [0.25, 0.3) is 0 Å². The first-order chi connectivity index (χ1) is 9.53. The van der Waals surface area contributed by atoms with Gasteiger partial charge >= 0.3 is 6.03 Å². The number of carbonyl (C=O) groups is 3. The monoisotopic (exact) mass is 302 g/mol. The first kappa shape index (κ1) is 17.0. The Hall–Kier alpha value is -1.10. The smallest absolute Gasteiger partial charge is 0.277 e. The molecule has 5 nitrogen and oxygen atoms in total. The van der Waals surface area contributed by atoms with Crippen molar-refractivity contribution in [1.82, 2.24) is 10.2 Å². The van der Waals surface area contributed by atoms with Gasteiger partial charge in [-0.1, -0.05) is 26.7 Å². The molecule has 114 valence electrons. The second-order valence-corrected chi connectivity index (χ2v) is 5.49. The highest BCUT2D eigenvalue weighted by Gasteiger charge is 2.51. The molecule has 0 atom stereocenters. The van der Waals surface area contributed by atoms with E-state index >= 15 is 0 Å². The SMILES string of the molecule is CCC1(CC)C(=O)NC(=O)N(CCCCCCCl)C1=O. The normalized spacial score (nSPS) is 18.4. The van der Waals surface area contributed by atoms with Crippen LogP contribution in [0.5, 0.6) is 0 Å². The molecule has 20 heavy (non-hydrogen) atoms. The number of amides is 4. The van der Waals surface area contributed by atoms with Crippen LogP contribution in [0.2, 0.25) is 0 Å². The van der Waals surface area contributed by atoms with Gasteiger partial charge in [0.15, 0.2) is 0 Å². The number of rotatable bonds is 8. The van der Waals surface area contributed by atoms with E-state index in [4.69, 9.17) is 11.6 Å². The van der Waals surface area contributed by atoms with Crippen LogP contribution in [0.1, 0.15) is 52.4 Å². The largest absolute Gasteiger partial charge is 0.330 e. The molecule has 1 heterocycles. The van der Waals surface area contributed by atoms with Crippen molar-refractivity contribution in [3.63, 3.8) is 0 Å². The van der Waals surface area contributed by atoms with Crippen LogP contribution < -0.4 is 5.32 Å². The molecule has 0 radical (unpaired) electrons. The van der Waals surface area contributed by atoms with Crippen LogP contribution in [-0.2, 0) is 9.59 Å². The van der Waals surface area contributed by atoms with Crippen LogP contribution in [0.3, 0.4) is 0 Å². The second kappa shape index (κ2) is 7.62. The van der Waals surface area contributed by atoms with Gasteiger partial charge in [-0.2, -0.15) is 0 Å². The molecule has 0 aromatic rings. The molecular formula is C14H23ClN2O3. The molecule has 1 N–H and O–H groups in total. The van der Waals surface area contributed by atoms with E-state index in [0.29, 0.717) is 25.3 Å². The lowest BCUT2D eigenvalue weighted by Gasteiger charge is -2.38. The minimum Gasteiger partial charge on any atom is -0.277 e. The molecule has 0 aromatic heterocycles. The molecule has 0 aromatic carbocycles. The number of unbranched alkanes of at least 4 members (excludes halogenated alkanes) is 3. The number of urea groups is 1. The predicted molar refractivity (Wildman–Crippen MR) is 77.5 cm³/mol. The summed E-state index contributed by atoms with van der Waals surface area (Å²) < 4.78 is 0. The van der Waals surface area contributed by atoms with Gasteiger partial charge in [-0.05, 0) is 25.7 Å². The molecule has 0 spiro atoms. The lowest BCUT2D eigenvalue weighted by atomic mass is 9.78. The van der Waals surface area contributed by atoms with Crippen molar-refractivity contribution in [3.05, 3.63) is 0 Å². The van der Waals surface area contributed by atoms with Crippen molar-refractivity contribution >= 4 is 29.4 Å². The van der Waals surface area contributed by atoms with E-state index in [1.54, 1.807) is 13.8 Å². The number of carbonyl (C=O) groups excluding carboxylic acids is 3. The summed E-state index contributed by atoms with van der Waals surface area (Å²) in [4.78, 5) is 37.4. The van der Waals surface area contributed by atoms with Crippen LogP contribution in [0.15, 0.2) is 0 Å². The van der Waals surface area contributed by atoms with Crippen molar-refractivity contribution in [2.75, 3.05) is 12.4 Å². The highest BCUT2D eigenvalue weighted by atomic mass is 35.5. The van der Waals surface area contributed by atoms with Gasteiger partial charge in [-0.25, -0.2) is 4.79 Å². The molecule has 0 bridgehead atoms. The second-order valence-electron chi connectivity index (χ2n) is 5.11. The van der Waals surface area contributed by atoms with Gasteiger partial charge in [-0.3, -0.25) is 19.8 Å². The first-order valence-electron chi connectivity index (χ1n) is 7.26. The topological polar surface area (TPSA) is 66.5 Å². The molecule has 0 saturated carbocycles. The molecule has 1 saturated heterocycles. The number of barbiturate groups is 1. The Morgan fingerprint density at radius 3 is 2.20 bits per heavy atom. The Kier molecular flexibility index (Phi) is 6.46. The molecule has 0 aliphatic carbocycles. The van der Waals surface area contributed by atoms with Crippen LogP contribution >= 0.6 is 11.6 Å². The van der Waals surface area contributed by atoms with E-state index in [2.05, 4.69) is 5.32 Å². The summed E-state index contributed by atoms with van der Waals surface area (Å²) in [7, 11) is 0. The van der Waals surface area contributed by atoms with Gasteiger partial charge in [-0.15, -0.1) is 11.6 Å². The van der Waals surface area contributed by atoms with Crippen molar-refractivity contribution in [3.8, 4) is 0 Å². The van der Waals surface area contributed by atoms with Crippen LogP contribution in [-0.4, -0.2) is 35.2 Å². The summed E-state index contributed by atoms with van der Waals surface area (Å²) in [6, 6.07) is -0.588. The summed E-state index contributed by atoms with van der Waals surface area (Å²) in [5.41, 5.74) is -1.08. The summed E-state index contributed by atoms with van der Waals surface area (Å²) in [6.07, 6.45) is 4.40. The first-order valence-corrected chi connectivity index (χ1v) is 7.80. The maximum absolute atomic E-state index is 12.5. The Bertz CT molecular complexity index is 381. The summed E-state index contributed by atoms with van der Waals surface area (Å²) in [5.74, 6) is -0.184. The Morgan fingerprint density at radius 1 is 1.05 bits per heavy atom. The molecular weight excluding hydrogens is 280 g/mol. The van der Waals surface area contributed by atoms with E-state index < -0.39 is 17.4 Å². The van der Waals surface area contributed by atoms with Gasteiger partial charge in [0.05, 0.1) is 0 Å². The Labute approximate surface area is 125 Å². The third-order valence-corrected chi connectivity index (χ3v) is 4.29. The van der Waals surface area contributed by atoms with E-state index in [-0.39, 0.29) is 5.91 Å². The third-order valence-electron chi connectivity index (χ3n) is 4.03. The Morgan fingerprint density at radius 2 is 1.65 bits per heavy atom.